The van der Waals surface area contributed by atoms with Crippen molar-refractivity contribution in [1.82, 2.24) is 0 Å². The van der Waals surface area contributed by atoms with Crippen LogP contribution >= 0.6 is 22.6 Å². The van der Waals surface area contributed by atoms with Gasteiger partial charge in [0.1, 0.15) is 5.69 Å². The fourth-order valence-corrected chi connectivity index (χ4v) is 3.03. The molecule has 0 radical (unpaired) electrons. The Hall–Kier alpha value is -0.850. The summed E-state index contributed by atoms with van der Waals surface area (Å²) in [5, 5.41) is 14.4. The molecule has 18 heavy (non-hydrogen) atoms. The molecule has 1 aliphatic rings. The number of benzene rings is 1. The lowest BCUT2D eigenvalue weighted by atomic mass is 9.87. The molecule has 0 aliphatic heterocycles. The Kier molecular flexibility index (Phi) is 3.79. The van der Waals surface area contributed by atoms with Crippen LogP contribution in [0.15, 0.2) is 18.2 Å². The number of hydrogen-bond donors (Lipinski definition) is 1. The van der Waals surface area contributed by atoms with Crippen molar-refractivity contribution in [2.45, 2.75) is 39.2 Å². The Bertz CT molecular complexity index is 474. The van der Waals surface area contributed by atoms with E-state index in [2.05, 4.69) is 41.8 Å². The molecule has 5 heteroatoms. The quantitative estimate of drug-likeness (QED) is 0.500. The van der Waals surface area contributed by atoms with Crippen LogP contribution in [0.25, 0.3) is 0 Å². The minimum absolute atomic E-state index is 0.171. The first-order valence-corrected chi connectivity index (χ1v) is 7.18. The molecule has 1 aromatic carbocycles. The molecule has 0 bridgehead atoms. The highest BCUT2D eigenvalue weighted by Crippen LogP contribution is 2.40. The van der Waals surface area contributed by atoms with Crippen LogP contribution < -0.4 is 5.32 Å². The van der Waals surface area contributed by atoms with Crippen LogP contribution in [0.1, 0.15) is 33.1 Å². The maximum absolute atomic E-state index is 11.1. The van der Waals surface area contributed by atoms with Gasteiger partial charge < -0.3 is 5.32 Å². The number of nitrogens with one attached hydrogen (secondary N) is 1. The third-order valence-electron chi connectivity index (χ3n) is 3.74. The van der Waals surface area contributed by atoms with Gasteiger partial charge in [-0.25, -0.2) is 0 Å². The van der Waals surface area contributed by atoms with E-state index >= 15 is 0 Å². The maximum atomic E-state index is 11.1. The van der Waals surface area contributed by atoms with E-state index in [1.165, 1.54) is 12.8 Å². The number of hydrogen-bond acceptors (Lipinski definition) is 3. The van der Waals surface area contributed by atoms with E-state index in [1.807, 2.05) is 12.1 Å². The van der Waals surface area contributed by atoms with Crippen LogP contribution in [-0.2, 0) is 0 Å². The van der Waals surface area contributed by atoms with E-state index in [1.54, 1.807) is 6.07 Å². The summed E-state index contributed by atoms with van der Waals surface area (Å²) >= 11 is 2.09. The Morgan fingerprint density at radius 2 is 2.22 bits per heavy atom. The van der Waals surface area contributed by atoms with Gasteiger partial charge in [-0.3, -0.25) is 10.1 Å². The highest BCUT2D eigenvalue weighted by atomic mass is 127. The van der Waals surface area contributed by atoms with Gasteiger partial charge in [0.25, 0.3) is 5.69 Å². The van der Waals surface area contributed by atoms with Crippen LogP contribution in [-0.4, -0.2) is 11.0 Å². The highest BCUT2D eigenvalue weighted by molar-refractivity contribution is 14.1. The Balaban J connectivity index is 2.26. The molecule has 0 aromatic heterocycles. The molecular formula is C13H17IN2O2. The molecule has 1 fully saturated rings. The van der Waals surface area contributed by atoms with E-state index < -0.39 is 0 Å². The van der Waals surface area contributed by atoms with Gasteiger partial charge in [-0.15, -0.1) is 0 Å². The van der Waals surface area contributed by atoms with E-state index in [0.717, 1.165) is 9.99 Å². The van der Waals surface area contributed by atoms with Crippen molar-refractivity contribution in [2.24, 2.45) is 5.41 Å². The molecule has 2 rings (SSSR count). The molecule has 1 atom stereocenters. The zero-order chi connectivity index (χ0) is 13.3. The van der Waals surface area contributed by atoms with Crippen molar-refractivity contribution in [3.05, 3.63) is 31.9 Å². The molecule has 0 spiro atoms. The second-order valence-electron chi connectivity index (χ2n) is 5.50. The van der Waals surface area contributed by atoms with Gasteiger partial charge in [-0.1, -0.05) is 20.3 Å². The van der Waals surface area contributed by atoms with Crippen molar-refractivity contribution in [1.29, 1.82) is 0 Å². The average Bonchev–Trinajstić information content (AvgIpc) is 2.60. The van der Waals surface area contributed by atoms with Crippen molar-refractivity contribution < 1.29 is 4.92 Å². The third kappa shape index (κ3) is 2.76. The lowest BCUT2D eigenvalue weighted by Crippen LogP contribution is -2.31. The minimum Gasteiger partial charge on any atom is -0.376 e. The van der Waals surface area contributed by atoms with Crippen molar-refractivity contribution >= 4 is 34.0 Å². The molecular weight excluding hydrogens is 343 g/mol. The first kappa shape index (κ1) is 13.6. The number of anilines is 1. The second-order valence-corrected chi connectivity index (χ2v) is 6.74. The summed E-state index contributed by atoms with van der Waals surface area (Å²) in [4.78, 5) is 10.8. The lowest BCUT2D eigenvalue weighted by molar-refractivity contribution is -0.384. The number of nitro groups is 1. The van der Waals surface area contributed by atoms with E-state index in [9.17, 15) is 10.1 Å². The number of nitro benzene ring substituents is 1. The molecule has 4 nitrogen and oxygen atoms in total. The average molecular weight is 360 g/mol. The normalized spacial score (nSPS) is 21.8. The van der Waals surface area contributed by atoms with Crippen molar-refractivity contribution in [3.8, 4) is 0 Å². The van der Waals surface area contributed by atoms with Gasteiger partial charge in [0.2, 0.25) is 0 Å². The number of nitrogens with zero attached hydrogens (tertiary/aromatic N) is 1. The van der Waals surface area contributed by atoms with Gasteiger partial charge in [-0.2, -0.15) is 0 Å². The predicted octanol–water partition coefficient (Wildman–Crippen LogP) is 4.19. The lowest BCUT2D eigenvalue weighted by Gasteiger charge is -2.28. The third-order valence-corrected chi connectivity index (χ3v) is 4.41. The molecule has 0 saturated heterocycles. The predicted molar refractivity (Wildman–Crippen MR) is 80.9 cm³/mol. The summed E-state index contributed by atoms with van der Waals surface area (Å²) in [5.74, 6) is 0. The highest BCUT2D eigenvalue weighted by Gasteiger charge is 2.35. The van der Waals surface area contributed by atoms with Crippen LogP contribution in [0, 0.1) is 19.1 Å². The number of rotatable bonds is 3. The molecule has 0 amide bonds. The molecule has 1 N–H and O–H groups in total. The van der Waals surface area contributed by atoms with Crippen molar-refractivity contribution in [3.63, 3.8) is 0 Å². The first-order chi connectivity index (χ1) is 8.40. The van der Waals surface area contributed by atoms with E-state index in [-0.39, 0.29) is 16.0 Å². The maximum Gasteiger partial charge on any atom is 0.293 e. The molecule has 1 saturated carbocycles. The fraction of sp³-hybridized carbons (Fsp3) is 0.538. The molecule has 0 heterocycles. The minimum atomic E-state index is -0.313. The standard InChI is InChI=1S/C13H17IN2O2/c1-13(2)7-3-4-12(13)15-10-6-5-9(14)8-11(10)16(17)18/h5-6,8,12,15H,3-4,7H2,1-2H3. The summed E-state index contributed by atoms with van der Waals surface area (Å²) < 4.78 is 0.885. The number of halogens is 1. The zero-order valence-corrected chi connectivity index (χ0v) is 12.7. The first-order valence-electron chi connectivity index (χ1n) is 6.10. The molecule has 1 unspecified atom stereocenters. The summed E-state index contributed by atoms with van der Waals surface area (Å²) in [6.45, 7) is 4.44. The summed E-state index contributed by atoms with van der Waals surface area (Å²) in [7, 11) is 0. The van der Waals surface area contributed by atoms with Gasteiger partial charge in [0, 0.05) is 15.7 Å². The monoisotopic (exact) mass is 360 g/mol. The van der Waals surface area contributed by atoms with Crippen LogP contribution in [0.3, 0.4) is 0 Å². The summed E-state index contributed by atoms with van der Waals surface area (Å²) in [5.41, 5.74) is 1.02. The van der Waals surface area contributed by atoms with Crippen LogP contribution in [0.5, 0.6) is 0 Å². The smallest absolute Gasteiger partial charge is 0.293 e. The SMILES string of the molecule is CC1(C)CCCC1Nc1ccc(I)cc1[N+](=O)[O-]. The Labute approximate surface area is 120 Å². The molecule has 1 aliphatic carbocycles. The van der Waals surface area contributed by atoms with Gasteiger partial charge in [-0.05, 0) is 53.0 Å². The topological polar surface area (TPSA) is 55.2 Å². The Morgan fingerprint density at radius 1 is 1.50 bits per heavy atom. The molecule has 98 valence electrons. The van der Waals surface area contributed by atoms with Gasteiger partial charge in [0.15, 0.2) is 0 Å². The fourth-order valence-electron chi connectivity index (χ4n) is 2.56. The zero-order valence-electron chi connectivity index (χ0n) is 10.6. The molecule has 1 aromatic rings. The van der Waals surface area contributed by atoms with Crippen molar-refractivity contribution in [2.75, 3.05) is 5.32 Å². The summed E-state index contributed by atoms with van der Waals surface area (Å²) in [6.07, 6.45) is 3.43. The summed E-state index contributed by atoms with van der Waals surface area (Å²) in [6, 6.07) is 5.65. The Morgan fingerprint density at radius 3 is 2.78 bits per heavy atom. The van der Waals surface area contributed by atoms with Crippen LogP contribution in [0.2, 0.25) is 0 Å². The van der Waals surface area contributed by atoms with E-state index in [4.69, 9.17) is 0 Å². The van der Waals surface area contributed by atoms with Gasteiger partial charge in [0.05, 0.1) is 4.92 Å². The van der Waals surface area contributed by atoms with Gasteiger partial charge >= 0.3 is 0 Å². The van der Waals surface area contributed by atoms with Crippen LogP contribution in [0.4, 0.5) is 11.4 Å². The second kappa shape index (κ2) is 5.03. The largest absolute Gasteiger partial charge is 0.376 e. The van der Waals surface area contributed by atoms with E-state index in [0.29, 0.717) is 11.7 Å².